The average Bonchev–Trinajstić information content (AvgIpc) is 3.36. The number of ether oxygens (including phenoxy) is 1. The minimum Gasteiger partial charge on any atom is -0.472 e. The van der Waals surface area contributed by atoms with Gasteiger partial charge in [-0.25, -0.2) is 15.0 Å². The van der Waals surface area contributed by atoms with E-state index in [2.05, 4.69) is 54.4 Å². The van der Waals surface area contributed by atoms with Gasteiger partial charge in [-0.1, -0.05) is 35.5 Å². The minimum atomic E-state index is 0.193. The Labute approximate surface area is 151 Å². The zero-order valence-corrected chi connectivity index (χ0v) is 14.8. The molecule has 0 radical (unpaired) electrons. The van der Waals surface area contributed by atoms with Gasteiger partial charge < -0.3 is 9.30 Å². The number of hydrogen-bond acceptors (Lipinski definition) is 7. The van der Waals surface area contributed by atoms with Crippen molar-refractivity contribution >= 4 is 0 Å². The van der Waals surface area contributed by atoms with E-state index in [1.54, 1.807) is 6.92 Å². The van der Waals surface area contributed by atoms with E-state index >= 15 is 0 Å². The molecule has 0 aliphatic carbocycles. The maximum absolute atomic E-state index is 5.68. The highest BCUT2D eigenvalue weighted by Crippen LogP contribution is 2.31. The molecular formula is C18H22N6O2. The second kappa shape index (κ2) is 7.27. The van der Waals surface area contributed by atoms with Crippen molar-refractivity contribution in [2.75, 3.05) is 6.61 Å². The molecule has 26 heavy (non-hydrogen) atoms. The molecule has 0 spiro atoms. The van der Waals surface area contributed by atoms with Gasteiger partial charge in [0.25, 0.3) is 5.88 Å². The fourth-order valence-electron chi connectivity index (χ4n) is 3.24. The normalized spacial score (nSPS) is 19.8. The highest BCUT2D eigenvalue weighted by atomic mass is 16.6. The van der Waals surface area contributed by atoms with Crippen LogP contribution in [-0.2, 0) is 6.54 Å². The van der Waals surface area contributed by atoms with E-state index in [-0.39, 0.29) is 6.04 Å². The summed E-state index contributed by atoms with van der Waals surface area (Å²) in [4.78, 5) is 4.68. The summed E-state index contributed by atoms with van der Waals surface area (Å²) in [7, 11) is 0. The van der Waals surface area contributed by atoms with Crippen molar-refractivity contribution < 1.29 is 9.37 Å². The van der Waals surface area contributed by atoms with Crippen molar-refractivity contribution in [1.29, 1.82) is 0 Å². The molecule has 1 saturated heterocycles. The van der Waals surface area contributed by atoms with E-state index in [1.807, 2.05) is 24.5 Å². The number of hydrogen-bond donors (Lipinski definition) is 2. The standard InChI is InChI=1S/C18H22N6O2/c1-12-10-15(21-20-12)17-16(14-6-4-3-5-7-14)19-11-24(17)8-9-25-18-13(2)22-26-23-18/h3-7,11-12,15,20-21H,8-10H2,1-2H3. The monoisotopic (exact) mass is 354 g/mol. The summed E-state index contributed by atoms with van der Waals surface area (Å²) in [5.74, 6) is 0.434. The molecule has 1 aliphatic rings. The first-order valence-corrected chi connectivity index (χ1v) is 8.76. The van der Waals surface area contributed by atoms with Crippen molar-refractivity contribution in [1.82, 2.24) is 30.7 Å². The van der Waals surface area contributed by atoms with Gasteiger partial charge in [0.15, 0.2) is 0 Å². The van der Waals surface area contributed by atoms with Crippen molar-refractivity contribution in [2.24, 2.45) is 0 Å². The van der Waals surface area contributed by atoms with Crippen LogP contribution in [0.5, 0.6) is 5.88 Å². The summed E-state index contributed by atoms with van der Waals surface area (Å²) in [5.41, 5.74) is 10.6. The van der Waals surface area contributed by atoms with Crippen LogP contribution in [-0.4, -0.2) is 32.5 Å². The van der Waals surface area contributed by atoms with Gasteiger partial charge in [0, 0.05) is 11.6 Å². The number of aromatic nitrogens is 4. The first-order chi connectivity index (χ1) is 12.7. The molecule has 1 aromatic carbocycles. The van der Waals surface area contributed by atoms with Gasteiger partial charge in [-0.2, -0.15) is 0 Å². The molecule has 2 aromatic heterocycles. The third kappa shape index (κ3) is 3.33. The summed E-state index contributed by atoms with van der Waals surface area (Å²) in [6.07, 6.45) is 2.87. The summed E-state index contributed by atoms with van der Waals surface area (Å²) >= 11 is 0. The zero-order chi connectivity index (χ0) is 17.9. The van der Waals surface area contributed by atoms with E-state index in [9.17, 15) is 0 Å². The van der Waals surface area contributed by atoms with Gasteiger partial charge in [-0.05, 0) is 25.4 Å². The van der Waals surface area contributed by atoms with Crippen molar-refractivity contribution in [3.8, 4) is 17.1 Å². The van der Waals surface area contributed by atoms with Crippen LogP contribution in [0, 0.1) is 6.92 Å². The van der Waals surface area contributed by atoms with Gasteiger partial charge in [-0.15, -0.1) is 0 Å². The number of nitrogens with zero attached hydrogens (tertiary/aromatic N) is 4. The number of imidazole rings is 1. The Morgan fingerprint density at radius 2 is 2.08 bits per heavy atom. The van der Waals surface area contributed by atoms with Crippen LogP contribution in [0.4, 0.5) is 0 Å². The second-order valence-electron chi connectivity index (χ2n) is 6.52. The second-order valence-corrected chi connectivity index (χ2v) is 6.52. The Kier molecular flexibility index (Phi) is 4.68. The summed E-state index contributed by atoms with van der Waals surface area (Å²) in [6, 6.07) is 10.9. The molecule has 4 rings (SSSR count). The number of aryl methyl sites for hydroxylation is 1. The lowest BCUT2D eigenvalue weighted by atomic mass is 10.0. The first-order valence-electron chi connectivity index (χ1n) is 8.76. The van der Waals surface area contributed by atoms with Crippen LogP contribution in [0.15, 0.2) is 41.3 Å². The molecule has 8 heteroatoms. The number of benzene rings is 1. The van der Waals surface area contributed by atoms with Gasteiger partial charge in [0.1, 0.15) is 12.3 Å². The van der Waals surface area contributed by atoms with Gasteiger partial charge in [0.2, 0.25) is 0 Å². The maximum atomic E-state index is 5.68. The van der Waals surface area contributed by atoms with Gasteiger partial charge >= 0.3 is 0 Å². The molecule has 2 N–H and O–H groups in total. The van der Waals surface area contributed by atoms with Crippen molar-refractivity contribution in [3.63, 3.8) is 0 Å². The number of hydrazine groups is 1. The van der Waals surface area contributed by atoms with Crippen LogP contribution in [0.3, 0.4) is 0 Å². The maximum Gasteiger partial charge on any atom is 0.278 e. The lowest BCUT2D eigenvalue weighted by Gasteiger charge is -2.16. The Hall–Kier alpha value is -2.71. The molecule has 2 unspecified atom stereocenters. The van der Waals surface area contributed by atoms with E-state index in [0.717, 1.165) is 23.4 Å². The van der Waals surface area contributed by atoms with Crippen LogP contribution in [0.1, 0.15) is 30.8 Å². The van der Waals surface area contributed by atoms with Crippen LogP contribution < -0.4 is 15.6 Å². The molecule has 0 amide bonds. The Balaban J connectivity index is 1.57. The molecule has 136 valence electrons. The largest absolute Gasteiger partial charge is 0.472 e. The van der Waals surface area contributed by atoms with Crippen molar-refractivity contribution in [2.45, 2.75) is 38.9 Å². The van der Waals surface area contributed by atoms with Gasteiger partial charge in [-0.3, -0.25) is 5.43 Å². The molecule has 1 fully saturated rings. The van der Waals surface area contributed by atoms with Crippen LogP contribution in [0.2, 0.25) is 0 Å². The predicted molar refractivity (Wildman–Crippen MR) is 95.3 cm³/mol. The third-order valence-corrected chi connectivity index (χ3v) is 4.53. The average molecular weight is 354 g/mol. The van der Waals surface area contributed by atoms with Crippen LogP contribution >= 0.6 is 0 Å². The Morgan fingerprint density at radius 1 is 1.23 bits per heavy atom. The van der Waals surface area contributed by atoms with E-state index in [4.69, 9.17) is 4.74 Å². The number of rotatable bonds is 6. The SMILES string of the molecule is Cc1nonc1OCCn1cnc(-c2ccccc2)c1C1CC(C)NN1. The summed E-state index contributed by atoms with van der Waals surface area (Å²) < 4.78 is 12.5. The molecule has 8 nitrogen and oxygen atoms in total. The summed E-state index contributed by atoms with van der Waals surface area (Å²) in [6.45, 7) is 5.09. The molecule has 0 saturated carbocycles. The van der Waals surface area contributed by atoms with Gasteiger partial charge in [0.05, 0.1) is 30.3 Å². The number of nitrogens with one attached hydrogen (secondary N) is 2. The smallest absolute Gasteiger partial charge is 0.278 e. The lowest BCUT2D eigenvalue weighted by molar-refractivity contribution is 0.246. The fraction of sp³-hybridized carbons (Fsp3) is 0.389. The molecule has 0 bridgehead atoms. The van der Waals surface area contributed by atoms with Crippen molar-refractivity contribution in [3.05, 3.63) is 48.0 Å². The van der Waals surface area contributed by atoms with E-state index in [1.165, 1.54) is 0 Å². The molecule has 3 heterocycles. The Bertz CT molecular complexity index is 860. The fourth-order valence-corrected chi connectivity index (χ4v) is 3.24. The zero-order valence-electron chi connectivity index (χ0n) is 14.8. The predicted octanol–water partition coefficient (Wildman–Crippen LogP) is 2.25. The highest BCUT2D eigenvalue weighted by Gasteiger charge is 2.28. The van der Waals surface area contributed by atoms with E-state index in [0.29, 0.717) is 30.8 Å². The molecular weight excluding hydrogens is 332 g/mol. The topological polar surface area (TPSA) is 90.0 Å². The third-order valence-electron chi connectivity index (χ3n) is 4.53. The minimum absolute atomic E-state index is 0.193. The quantitative estimate of drug-likeness (QED) is 0.701. The molecule has 2 atom stereocenters. The lowest BCUT2D eigenvalue weighted by Crippen LogP contribution is -2.30. The molecule has 3 aromatic rings. The van der Waals surface area contributed by atoms with E-state index < -0.39 is 0 Å². The van der Waals surface area contributed by atoms with Crippen LogP contribution in [0.25, 0.3) is 11.3 Å². The summed E-state index contributed by atoms with van der Waals surface area (Å²) in [5, 5.41) is 7.48. The Morgan fingerprint density at radius 3 is 2.77 bits per heavy atom. The molecule has 1 aliphatic heterocycles. The highest BCUT2D eigenvalue weighted by molar-refractivity contribution is 5.62. The first kappa shape index (κ1) is 16.7.